The summed E-state index contributed by atoms with van der Waals surface area (Å²) in [6, 6.07) is 8.23. The summed E-state index contributed by atoms with van der Waals surface area (Å²) < 4.78 is 1.20. The Kier molecular flexibility index (Phi) is 5.64. The van der Waals surface area contributed by atoms with E-state index >= 15 is 0 Å². The highest BCUT2D eigenvalue weighted by Gasteiger charge is 2.25. The fourth-order valence-corrected chi connectivity index (χ4v) is 3.11. The Morgan fingerprint density at radius 3 is 2.30 bits per heavy atom. The van der Waals surface area contributed by atoms with Crippen LogP contribution in [0.5, 0.6) is 0 Å². The fourth-order valence-electron chi connectivity index (χ4n) is 2.75. The zero-order chi connectivity index (χ0) is 14.5. The van der Waals surface area contributed by atoms with Crippen molar-refractivity contribution in [2.45, 2.75) is 32.1 Å². The number of hydrogen-bond donors (Lipinski definition) is 0. The van der Waals surface area contributed by atoms with E-state index in [0.717, 1.165) is 24.0 Å². The van der Waals surface area contributed by atoms with Crippen LogP contribution in [0.3, 0.4) is 0 Å². The van der Waals surface area contributed by atoms with E-state index < -0.39 is 0 Å². The van der Waals surface area contributed by atoms with Crippen LogP contribution in [0.1, 0.15) is 37.7 Å². The number of hydrogen-bond acceptors (Lipinski definition) is 2. The Bertz CT molecular complexity index is 484. The van der Waals surface area contributed by atoms with Crippen molar-refractivity contribution in [3.8, 4) is 0 Å². The Morgan fingerprint density at radius 1 is 1.15 bits per heavy atom. The predicted octanol–water partition coefficient (Wildman–Crippen LogP) is 4.34. The van der Waals surface area contributed by atoms with Crippen molar-refractivity contribution in [1.82, 2.24) is 4.90 Å². The van der Waals surface area contributed by atoms with Crippen LogP contribution in [0.4, 0.5) is 0 Å². The standard InChI is InChI=1S/C17H22INO/c1-19(2)12-16(13-8-10-15(18)11-9-13)17(20)14-6-4-3-5-7-14/h8-12,14H,3-7H2,1-2H3/b16-12+. The van der Waals surface area contributed by atoms with Gasteiger partial charge in [0.2, 0.25) is 0 Å². The van der Waals surface area contributed by atoms with Crippen molar-refractivity contribution in [1.29, 1.82) is 0 Å². The zero-order valence-electron chi connectivity index (χ0n) is 12.2. The number of carbonyl (C=O) groups is 1. The lowest BCUT2D eigenvalue weighted by Crippen LogP contribution is -2.20. The molecular weight excluding hydrogens is 361 g/mol. The molecule has 0 saturated heterocycles. The van der Waals surface area contributed by atoms with Gasteiger partial charge in [-0.1, -0.05) is 31.4 Å². The maximum absolute atomic E-state index is 12.8. The summed E-state index contributed by atoms with van der Waals surface area (Å²) in [5, 5.41) is 0. The molecule has 0 amide bonds. The Balaban J connectivity index is 2.27. The van der Waals surface area contributed by atoms with E-state index in [9.17, 15) is 4.79 Å². The number of rotatable bonds is 4. The molecule has 1 aliphatic carbocycles. The van der Waals surface area contributed by atoms with E-state index in [-0.39, 0.29) is 5.92 Å². The van der Waals surface area contributed by atoms with Crippen LogP contribution in [-0.4, -0.2) is 24.8 Å². The maximum Gasteiger partial charge on any atom is 0.168 e. The lowest BCUT2D eigenvalue weighted by atomic mass is 9.82. The smallest absolute Gasteiger partial charge is 0.168 e. The van der Waals surface area contributed by atoms with Crippen LogP contribution < -0.4 is 0 Å². The van der Waals surface area contributed by atoms with Gasteiger partial charge in [0.15, 0.2) is 5.78 Å². The molecule has 1 saturated carbocycles. The van der Waals surface area contributed by atoms with Crippen molar-refractivity contribution < 1.29 is 4.79 Å². The van der Waals surface area contributed by atoms with Crippen LogP contribution in [0.25, 0.3) is 5.57 Å². The summed E-state index contributed by atoms with van der Waals surface area (Å²) in [6.07, 6.45) is 7.73. The van der Waals surface area contributed by atoms with Crippen molar-refractivity contribution >= 4 is 33.9 Å². The van der Waals surface area contributed by atoms with Gasteiger partial charge in [-0.2, -0.15) is 0 Å². The molecule has 108 valence electrons. The van der Waals surface area contributed by atoms with Gasteiger partial charge in [0.05, 0.1) is 0 Å². The number of allylic oxidation sites excluding steroid dienone is 1. The summed E-state index contributed by atoms with van der Waals surface area (Å²) in [5.74, 6) is 0.536. The molecule has 2 rings (SSSR count). The second kappa shape index (κ2) is 7.25. The first-order valence-electron chi connectivity index (χ1n) is 7.26. The van der Waals surface area contributed by atoms with Crippen LogP contribution >= 0.6 is 22.6 Å². The van der Waals surface area contributed by atoms with Gasteiger partial charge in [-0.05, 0) is 53.1 Å². The molecule has 1 aromatic carbocycles. The number of carbonyl (C=O) groups excluding carboxylic acids is 1. The fraction of sp³-hybridized carbons (Fsp3) is 0.471. The molecule has 0 atom stereocenters. The average Bonchev–Trinajstić information content (AvgIpc) is 2.46. The second-order valence-electron chi connectivity index (χ2n) is 5.71. The molecule has 0 aromatic heterocycles. The Morgan fingerprint density at radius 2 is 1.75 bits per heavy atom. The number of ketones is 1. The molecular formula is C17H22INO. The third kappa shape index (κ3) is 4.08. The lowest BCUT2D eigenvalue weighted by Gasteiger charge is -2.22. The molecule has 1 aromatic rings. The number of benzene rings is 1. The number of halogens is 1. The minimum atomic E-state index is 0.217. The molecule has 0 N–H and O–H groups in total. The van der Waals surface area contributed by atoms with Gasteiger partial charge in [0.1, 0.15) is 0 Å². The topological polar surface area (TPSA) is 20.3 Å². The van der Waals surface area contributed by atoms with Crippen LogP contribution in [-0.2, 0) is 4.79 Å². The van der Waals surface area contributed by atoms with Crippen LogP contribution in [0, 0.1) is 9.49 Å². The highest BCUT2D eigenvalue weighted by Crippen LogP contribution is 2.30. The molecule has 0 bridgehead atoms. The first-order valence-corrected chi connectivity index (χ1v) is 8.34. The molecule has 1 aliphatic rings. The number of nitrogens with zero attached hydrogens (tertiary/aromatic N) is 1. The molecule has 0 aliphatic heterocycles. The van der Waals surface area contributed by atoms with Crippen LogP contribution in [0.2, 0.25) is 0 Å². The van der Waals surface area contributed by atoms with E-state index in [0.29, 0.717) is 5.78 Å². The molecule has 2 nitrogen and oxygen atoms in total. The van der Waals surface area contributed by atoms with Crippen molar-refractivity contribution in [2.75, 3.05) is 14.1 Å². The molecule has 20 heavy (non-hydrogen) atoms. The molecule has 3 heteroatoms. The lowest BCUT2D eigenvalue weighted by molar-refractivity contribution is -0.118. The molecule has 1 fully saturated rings. The summed E-state index contributed by atoms with van der Waals surface area (Å²) in [7, 11) is 3.95. The molecule has 0 heterocycles. The zero-order valence-corrected chi connectivity index (χ0v) is 14.4. The summed E-state index contributed by atoms with van der Waals surface area (Å²) >= 11 is 2.29. The van der Waals surface area contributed by atoms with Gasteiger partial charge in [-0.3, -0.25) is 4.79 Å². The minimum absolute atomic E-state index is 0.217. The van der Waals surface area contributed by atoms with E-state index in [4.69, 9.17) is 0 Å². The number of Topliss-reactive ketones (excluding diaryl/α,β-unsaturated/α-hetero) is 1. The van der Waals surface area contributed by atoms with Crippen LogP contribution in [0.15, 0.2) is 30.5 Å². The monoisotopic (exact) mass is 383 g/mol. The van der Waals surface area contributed by atoms with Gasteiger partial charge in [-0.15, -0.1) is 0 Å². The normalized spacial score (nSPS) is 17.1. The molecule has 0 spiro atoms. The third-order valence-electron chi connectivity index (χ3n) is 3.78. The predicted molar refractivity (Wildman–Crippen MR) is 92.4 cm³/mol. The van der Waals surface area contributed by atoms with Crippen molar-refractivity contribution in [2.24, 2.45) is 5.92 Å². The molecule has 0 radical (unpaired) electrons. The largest absolute Gasteiger partial charge is 0.383 e. The highest BCUT2D eigenvalue weighted by atomic mass is 127. The van der Waals surface area contributed by atoms with E-state index in [1.54, 1.807) is 0 Å². The van der Waals surface area contributed by atoms with Gasteiger partial charge in [0, 0.05) is 35.4 Å². The van der Waals surface area contributed by atoms with Gasteiger partial charge >= 0.3 is 0 Å². The summed E-state index contributed by atoms with van der Waals surface area (Å²) in [5.41, 5.74) is 1.90. The average molecular weight is 383 g/mol. The maximum atomic E-state index is 12.8. The van der Waals surface area contributed by atoms with Gasteiger partial charge in [0.25, 0.3) is 0 Å². The Labute approximate surface area is 135 Å². The third-order valence-corrected chi connectivity index (χ3v) is 4.50. The first-order chi connectivity index (χ1) is 9.58. The van der Waals surface area contributed by atoms with E-state index in [2.05, 4.69) is 46.9 Å². The van der Waals surface area contributed by atoms with E-state index in [1.807, 2.05) is 25.2 Å². The summed E-state index contributed by atoms with van der Waals surface area (Å²) in [4.78, 5) is 14.8. The molecule has 0 unspecified atom stereocenters. The summed E-state index contributed by atoms with van der Waals surface area (Å²) in [6.45, 7) is 0. The highest BCUT2D eigenvalue weighted by molar-refractivity contribution is 14.1. The quantitative estimate of drug-likeness (QED) is 0.570. The minimum Gasteiger partial charge on any atom is -0.383 e. The van der Waals surface area contributed by atoms with Gasteiger partial charge < -0.3 is 4.90 Å². The van der Waals surface area contributed by atoms with E-state index in [1.165, 1.54) is 22.8 Å². The first kappa shape index (κ1) is 15.5. The van der Waals surface area contributed by atoms with Gasteiger partial charge in [-0.25, -0.2) is 0 Å². The second-order valence-corrected chi connectivity index (χ2v) is 6.96. The SMILES string of the molecule is CN(C)/C=C(/C(=O)C1CCCCC1)c1ccc(I)cc1. The Hall–Kier alpha value is -0.840. The van der Waals surface area contributed by atoms with Crippen molar-refractivity contribution in [3.63, 3.8) is 0 Å². The van der Waals surface area contributed by atoms with Crippen molar-refractivity contribution in [3.05, 3.63) is 39.6 Å².